The van der Waals surface area contributed by atoms with Crippen LogP contribution in [0.25, 0.3) is 0 Å². The molecule has 0 aromatic heterocycles. The Hall–Kier alpha value is -0.0800. The average Bonchev–Trinajstić information content (AvgIpc) is 2.29. The normalized spacial score (nSPS) is 15.0. The highest BCUT2D eigenvalue weighted by molar-refractivity contribution is 4.67. The van der Waals surface area contributed by atoms with Crippen molar-refractivity contribution >= 4 is 0 Å². The molecule has 0 unspecified atom stereocenters. The van der Waals surface area contributed by atoms with Crippen LogP contribution in [0.3, 0.4) is 0 Å². The Kier molecular flexibility index (Phi) is 11.3. The minimum absolute atomic E-state index is 0.501. The fourth-order valence-electron chi connectivity index (χ4n) is 1.95. The molecule has 0 saturated carbocycles. The lowest BCUT2D eigenvalue weighted by atomic mass is 10.0. The van der Waals surface area contributed by atoms with Gasteiger partial charge in [0.05, 0.1) is 12.2 Å². The van der Waals surface area contributed by atoms with Crippen LogP contribution in [0, 0.1) is 0 Å². The third kappa shape index (κ3) is 9.17. The second-order valence-electron chi connectivity index (χ2n) is 4.83. The molecule has 16 heavy (non-hydrogen) atoms. The summed E-state index contributed by atoms with van der Waals surface area (Å²) < 4.78 is 0. The van der Waals surface area contributed by atoms with E-state index in [1.807, 2.05) is 0 Å². The minimum atomic E-state index is -0.501. The number of rotatable bonds is 11. The van der Waals surface area contributed by atoms with E-state index in [9.17, 15) is 10.2 Å². The van der Waals surface area contributed by atoms with Crippen LogP contribution in [0.2, 0.25) is 0 Å². The standard InChI is InChI=1S/C14H30O2/c1-3-5-7-9-11-13(15)14(16)12-10-8-6-4-2/h13-16H,3-12H2,1-2H3/t13-,14-/m0/s1. The third-order valence-corrected chi connectivity index (χ3v) is 3.15. The average molecular weight is 230 g/mol. The molecule has 2 atom stereocenters. The number of hydrogen-bond donors (Lipinski definition) is 2. The van der Waals surface area contributed by atoms with E-state index in [0.717, 1.165) is 25.7 Å². The summed E-state index contributed by atoms with van der Waals surface area (Å²) in [6.45, 7) is 4.36. The van der Waals surface area contributed by atoms with Gasteiger partial charge in [0.1, 0.15) is 0 Å². The Balaban J connectivity index is 3.38. The number of hydrogen-bond acceptors (Lipinski definition) is 2. The van der Waals surface area contributed by atoms with Gasteiger partial charge in [0, 0.05) is 0 Å². The van der Waals surface area contributed by atoms with E-state index in [2.05, 4.69) is 13.8 Å². The summed E-state index contributed by atoms with van der Waals surface area (Å²) >= 11 is 0. The lowest BCUT2D eigenvalue weighted by Gasteiger charge is -2.17. The van der Waals surface area contributed by atoms with Gasteiger partial charge >= 0.3 is 0 Å². The van der Waals surface area contributed by atoms with Gasteiger partial charge in [-0.2, -0.15) is 0 Å². The van der Waals surface area contributed by atoms with Crippen molar-refractivity contribution in [2.24, 2.45) is 0 Å². The zero-order valence-corrected chi connectivity index (χ0v) is 11.1. The molecule has 0 saturated heterocycles. The summed E-state index contributed by atoms with van der Waals surface area (Å²) in [5.74, 6) is 0. The topological polar surface area (TPSA) is 40.5 Å². The molecule has 0 aromatic rings. The smallest absolute Gasteiger partial charge is 0.0799 e. The second-order valence-corrected chi connectivity index (χ2v) is 4.83. The highest BCUT2D eigenvalue weighted by atomic mass is 16.3. The molecule has 0 radical (unpaired) electrons. The summed E-state index contributed by atoms with van der Waals surface area (Å²) in [7, 11) is 0. The molecular weight excluding hydrogens is 200 g/mol. The molecule has 0 amide bonds. The van der Waals surface area contributed by atoms with Gasteiger partial charge in [-0.3, -0.25) is 0 Å². The quantitative estimate of drug-likeness (QED) is 0.532. The van der Waals surface area contributed by atoms with Crippen LogP contribution >= 0.6 is 0 Å². The first-order chi connectivity index (χ1) is 7.72. The largest absolute Gasteiger partial charge is 0.390 e. The highest BCUT2D eigenvalue weighted by Crippen LogP contribution is 2.13. The molecule has 0 aliphatic heterocycles. The summed E-state index contributed by atoms with van der Waals surface area (Å²) in [5, 5.41) is 19.4. The first-order valence-corrected chi connectivity index (χ1v) is 7.08. The van der Waals surface area contributed by atoms with Crippen LogP contribution < -0.4 is 0 Å². The van der Waals surface area contributed by atoms with Crippen LogP contribution in [0.4, 0.5) is 0 Å². The summed E-state index contributed by atoms with van der Waals surface area (Å²) in [5.41, 5.74) is 0. The van der Waals surface area contributed by atoms with Crippen molar-refractivity contribution in [2.75, 3.05) is 0 Å². The van der Waals surface area contributed by atoms with Crippen molar-refractivity contribution in [2.45, 2.75) is 90.3 Å². The molecule has 2 nitrogen and oxygen atoms in total. The first kappa shape index (κ1) is 15.9. The van der Waals surface area contributed by atoms with Crippen LogP contribution in [-0.4, -0.2) is 22.4 Å². The number of aliphatic hydroxyl groups excluding tert-OH is 2. The SMILES string of the molecule is CCCCCC[C@H](O)[C@@H](O)CCCCCC. The molecule has 0 bridgehead atoms. The van der Waals surface area contributed by atoms with Crippen molar-refractivity contribution < 1.29 is 10.2 Å². The van der Waals surface area contributed by atoms with E-state index in [1.54, 1.807) is 0 Å². The molecule has 0 spiro atoms. The minimum Gasteiger partial charge on any atom is -0.390 e. The number of unbranched alkanes of at least 4 members (excludes halogenated alkanes) is 6. The van der Waals surface area contributed by atoms with Crippen molar-refractivity contribution in [3.05, 3.63) is 0 Å². The first-order valence-electron chi connectivity index (χ1n) is 7.08. The van der Waals surface area contributed by atoms with Crippen molar-refractivity contribution in [3.8, 4) is 0 Å². The lowest BCUT2D eigenvalue weighted by molar-refractivity contribution is 0.00715. The van der Waals surface area contributed by atoms with Gasteiger partial charge in [-0.25, -0.2) is 0 Å². The van der Waals surface area contributed by atoms with E-state index in [0.29, 0.717) is 0 Å². The van der Waals surface area contributed by atoms with Gasteiger partial charge in [-0.05, 0) is 12.8 Å². The van der Waals surface area contributed by atoms with Crippen LogP contribution in [0.1, 0.15) is 78.1 Å². The zero-order chi connectivity index (χ0) is 12.2. The van der Waals surface area contributed by atoms with Crippen molar-refractivity contribution in [1.82, 2.24) is 0 Å². The fraction of sp³-hybridized carbons (Fsp3) is 1.00. The second kappa shape index (κ2) is 11.4. The van der Waals surface area contributed by atoms with Crippen molar-refractivity contribution in [1.29, 1.82) is 0 Å². The highest BCUT2D eigenvalue weighted by Gasteiger charge is 2.14. The van der Waals surface area contributed by atoms with Crippen LogP contribution in [0.5, 0.6) is 0 Å². The molecular formula is C14H30O2. The molecule has 98 valence electrons. The molecule has 0 fully saturated rings. The molecule has 2 N–H and O–H groups in total. The van der Waals surface area contributed by atoms with Gasteiger partial charge in [0.2, 0.25) is 0 Å². The maximum absolute atomic E-state index is 9.72. The molecule has 0 rings (SSSR count). The Bertz CT molecular complexity index is 121. The maximum Gasteiger partial charge on any atom is 0.0799 e. The van der Waals surface area contributed by atoms with E-state index in [1.165, 1.54) is 38.5 Å². The van der Waals surface area contributed by atoms with Gasteiger partial charge in [0.15, 0.2) is 0 Å². The van der Waals surface area contributed by atoms with Crippen LogP contribution in [-0.2, 0) is 0 Å². The molecule has 0 heterocycles. The Morgan fingerprint density at radius 3 is 1.31 bits per heavy atom. The van der Waals surface area contributed by atoms with Gasteiger partial charge in [0.25, 0.3) is 0 Å². The van der Waals surface area contributed by atoms with E-state index in [-0.39, 0.29) is 0 Å². The molecule has 2 heteroatoms. The summed E-state index contributed by atoms with van der Waals surface area (Å²) in [6, 6.07) is 0. The molecule has 0 aromatic carbocycles. The third-order valence-electron chi connectivity index (χ3n) is 3.15. The molecule has 0 aliphatic rings. The maximum atomic E-state index is 9.72. The van der Waals surface area contributed by atoms with Crippen molar-refractivity contribution in [3.63, 3.8) is 0 Å². The summed E-state index contributed by atoms with van der Waals surface area (Å²) in [4.78, 5) is 0. The Labute approximate surface area is 101 Å². The van der Waals surface area contributed by atoms with Gasteiger partial charge in [-0.1, -0.05) is 65.2 Å². The van der Waals surface area contributed by atoms with E-state index in [4.69, 9.17) is 0 Å². The van der Waals surface area contributed by atoms with E-state index < -0.39 is 12.2 Å². The zero-order valence-electron chi connectivity index (χ0n) is 11.1. The van der Waals surface area contributed by atoms with Gasteiger partial charge < -0.3 is 10.2 Å². The van der Waals surface area contributed by atoms with Crippen LogP contribution in [0.15, 0.2) is 0 Å². The monoisotopic (exact) mass is 230 g/mol. The number of aliphatic hydroxyl groups is 2. The van der Waals surface area contributed by atoms with E-state index >= 15 is 0 Å². The van der Waals surface area contributed by atoms with Gasteiger partial charge in [-0.15, -0.1) is 0 Å². The predicted molar refractivity (Wildman–Crippen MR) is 69.5 cm³/mol. The lowest BCUT2D eigenvalue weighted by Crippen LogP contribution is -2.25. The fourth-order valence-corrected chi connectivity index (χ4v) is 1.95. The Morgan fingerprint density at radius 2 is 1.00 bits per heavy atom. The molecule has 0 aliphatic carbocycles. The Morgan fingerprint density at radius 1 is 0.625 bits per heavy atom. The predicted octanol–water partition coefficient (Wildman–Crippen LogP) is 3.65. The summed E-state index contributed by atoms with van der Waals surface area (Å²) in [6.07, 6.45) is 9.86.